The maximum Gasteiger partial charge on any atom is 0.236 e. The Kier molecular flexibility index (Phi) is 4.58. The first kappa shape index (κ1) is 19.4. The molecule has 2 aromatic carbocycles. The smallest absolute Gasteiger partial charge is 0.236 e. The predicted octanol–water partition coefficient (Wildman–Crippen LogP) is 5.02. The molecular formula is C25H26N2O4. The zero-order chi connectivity index (χ0) is 21.6. The molecular weight excluding hydrogens is 392 g/mol. The molecule has 6 nitrogen and oxygen atoms in total. The number of amides is 1. The van der Waals surface area contributed by atoms with Crippen LogP contribution in [-0.2, 0) is 10.2 Å². The van der Waals surface area contributed by atoms with E-state index in [1.54, 1.807) is 7.11 Å². The van der Waals surface area contributed by atoms with Crippen molar-refractivity contribution in [3.05, 3.63) is 65.4 Å². The molecule has 1 aliphatic carbocycles. The molecule has 0 atom stereocenters. The van der Waals surface area contributed by atoms with Crippen LogP contribution in [0.5, 0.6) is 17.2 Å². The lowest BCUT2D eigenvalue weighted by molar-refractivity contribution is -0.118. The summed E-state index contributed by atoms with van der Waals surface area (Å²) >= 11 is 0. The molecule has 2 heterocycles. The van der Waals surface area contributed by atoms with E-state index in [9.17, 15) is 4.79 Å². The van der Waals surface area contributed by atoms with E-state index in [1.165, 1.54) is 0 Å². The van der Waals surface area contributed by atoms with Crippen LogP contribution in [-0.4, -0.2) is 24.8 Å². The molecule has 1 aliphatic heterocycles. The number of benzene rings is 2. The maximum atomic E-state index is 13.3. The second-order valence-electron chi connectivity index (χ2n) is 8.11. The van der Waals surface area contributed by atoms with Crippen LogP contribution in [0.25, 0.3) is 11.1 Å². The van der Waals surface area contributed by atoms with E-state index in [4.69, 9.17) is 14.2 Å². The van der Waals surface area contributed by atoms with Crippen molar-refractivity contribution in [2.45, 2.75) is 32.1 Å². The number of aromatic nitrogens is 1. The van der Waals surface area contributed by atoms with E-state index in [2.05, 4.69) is 10.3 Å². The lowest BCUT2D eigenvalue weighted by atomic mass is 9.94. The fourth-order valence-corrected chi connectivity index (χ4v) is 4.10. The molecule has 31 heavy (non-hydrogen) atoms. The predicted molar refractivity (Wildman–Crippen MR) is 120 cm³/mol. The highest BCUT2D eigenvalue weighted by molar-refractivity contribution is 6.01. The Morgan fingerprint density at radius 2 is 1.90 bits per heavy atom. The lowest BCUT2D eigenvalue weighted by Gasteiger charge is -2.18. The topological polar surface area (TPSA) is 69.7 Å². The second kappa shape index (κ2) is 7.30. The van der Waals surface area contributed by atoms with Gasteiger partial charge in [0.15, 0.2) is 11.5 Å². The average Bonchev–Trinajstić information content (AvgIpc) is 3.48. The summed E-state index contributed by atoms with van der Waals surface area (Å²) in [5.41, 5.74) is 4.50. The summed E-state index contributed by atoms with van der Waals surface area (Å²) in [6.07, 6.45) is 3.42. The van der Waals surface area contributed by atoms with Crippen LogP contribution in [0.15, 0.2) is 48.7 Å². The van der Waals surface area contributed by atoms with Gasteiger partial charge in [-0.3, -0.25) is 4.79 Å². The molecule has 0 bridgehead atoms. The molecule has 1 fully saturated rings. The molecule has 3 aromatic rings. The van der Waals surface area contributed by atoms with Gasteiger partial charge in [0, 0.05) is 13.2 Å². The van der Waals surface area contributed by atoms with Crippen molar-refractivity contribution >= 4 is 11.7 Å². The van der Waals surface area contributed by atoms with Gasteiger partial charge in [-0.1, -0.05) is 18.2 Å². The van der Waals surface area contributed by atoms with Gasteiger partial charge in [0.25, 0.3) is 0 Å². The zero-order valence-corrected chi connectivity index (χ0v) is 17.8. The van der Waals surface area contributed by atoms with Crippen molar-refractivity contribution in [2.75, 3.05) is 19.2 Å². The van der Waals surface area contributed by atoms with Crippen LogP contribution in [0.4, 0.5) is 5.82 Å². The van der Waals surface area contributed by atoms with Crippen LogP contribution in [0.2, 0.25) is 0 Å². The van der Waals surface area contributed by atoms with E-state index in [0.717, 1.165) is 52.2 Å². The Hall–Kier alpha value is -3.54. The Morgan fingerprint density at radius 3 is 2.68 bits per heavy atom. The van der Waals surface area contributed by atoms with Crippen LogP contribution >= 0.6 is 0 Å². The molecule has 0 unspecified atom stereocenters. The SMILES string of the molecule is COc1cccc(-c2cnc(NC(=O)C3(c4ccc5c(c4)OCO5)CC3)c(C)c2C)c1.[HH]. The molecule has 160 valence electrons. The molecule has 2 aliphatic rings. The van der Waals surface area contributed by atoms with E-state index in [1.807, 2.05) is 62.5 Å². The van der Waals surface area contributed by atoms with Gasteiger partial charge >= 0.3 is 0 Å². The van der Waals surface area contributed by atoms with Crippen molar-refractivity contribution in [1.29, 1.82) is 0 Å². The van der Waals surface area contributed by atoms with Gasteiger partial charge in [-0.15, -0.1) is 0 Å². The third-order valence-electron chi connectivity index (χ3n) is 6.37. The third kappa shape index (κ3) is 3.28. The first-order valence-corrected chi connectivity index (χ1v) is 10.3. The minimum atomic E-state index is -0.533. The molecule has 1 N–H and O–H groups in total. The van der Waals surface area contributed by atoms with Crippen molar-refractivity contribution in [3.63, 3.8) is 0 Å². The lowest BCUT2D eigenvalue weighted by Crippen LogP contribution is -2.28. The number of fused-ring (bicyclic) bond motifs is 1. The molecule has 1 amide bonds. The Bertz CT molecular complexity index is 1190. The second-order valence-corrected chi connectivity index (χ2v) is 8.11. The van der Waals surface area contributed by atoms with Gasteiger partial charge in [-0.2, -0.15) is 0 Å². The van der Waals surface area contributed by atoms with Crippen LogP contribution in [0.3, 0.4) is 0 Å². The number of hydrogen-bond donors (Lipinski definition) is 1. The number of nitrogens with one attached hydrogen (secondary N) is 1. The van der Waals surface area contributed by atoms with Gasteiger partial charge < -0.3 is 19.5 Å². The molecule has 1 aromatic heterocycles. The minimum absolute atomic E-state index is 0. The number of ether oxygens (including phenoxy) is 3. The zero-order valence-electron chi connectivity index (χ0n) is 17.8. The van der Waals surface area contributed by atoms with E-state index in [-0.39, 0.29) is 14.1 Å². The Morgan fingerprint density at radius 1 is 1.10 bits per heavy atom. The fraction of sp³-hybridized carbons (Fsp3) is 0.280. The van der Waals surface area contributed by atoms with Gasteiger partial charge in [0.05, 0.1) is 12.5 Å². The average molecular weight is 418 g/mol. The Labute approximate surface area is 182 Å². The third-order valence-corrected chi connectivity index (χ3v) is 6.37. The normalized spacial score (nSPS) is 15.5. The maximum absolute atomic E-state index is 13.3. The number of pyridine rings is 1. The molecule has 1 saturated carbocycles. The van der Waals surface area contributed by atoms with Crippen molar-refractivity contribution in [2.24, 2.45) is 0 Å². The molecule has 0 saturated heterocycles. The number of rotatable bonds is 5. The van der Waals surface area contributed by atoms with Crippen molar-refractivity contribution in [3.8, 4) is 28.4 Å². The summed E-state index contributed by atoms with van der Waals surface area (Å²) in [5.74, 6) is 2.79. The summed E-state index contributed by atoms with van der Waals surface area (Å²) in [6.45, 7) is 4.26. The summed E-state index contributed by atoms with van der Waals surface area (Å²) in [4.78, 5) is 17.8. The summed E-state index contributed by atoms with van der Waals surface area (Å²) in [7, 11) is 1.65. The molecule has 0 spiro atoms. The Balaban J connectivity index is 0.00000245. The summed E-state index contributed by atoms with van der Waals surface area (Å²) in [6, 6.07) is 13.6. The van der Waals surface area contributed by atoms with E-state index in [0.29, 0.717) is 11.6 Å². The molecule has 6 heteroatoms. The van der Waals surface area contributed by atoms with Crippen LogP contribution < -0.4 is 19.5 Å². The first-order chi connectivity index (χ1) is 15.0. The van der Waals surface area contributed by atoms with Gasteiger partial charge in [-0.25, -0.2) is 4.98 Å². The number of anilines is 1. The fourth-order valence-electron chi connectivity index (χ4n) is 4.10. The number of nitrogens with zero attached hydrogens (tertiary/aromatic N) is 1. The highest BCUT2D eigenvalue weighted by Gasteiger charge is 2.52. The highest BCUT2D eigenvalue weighted by Crippen LogP contribution is 2.51. The quantitative estimate of drug-likeness (QED) is 0.630. The number of carbonyl (C=O) groups is 1. The molecule has 5 rings (SSSR count). The van der Waals surface area contributed by atoms with E-state index < -0.39 is 5.41 Å². The minimum Gasteiger partial charge on any atom is -0.497 e. The largest absolute Gasteiger partial charge is 0.497 e. The highest BCUT2D eigenvalue weighted by atomic mass is 16.7. The monoisotopic (exact) mass is 418 g/mol. The first-order valence-electron chi connectivity index (χ1n) is 10.3. The number of hydrogen-bond acceptors (Lipinski definition) is 5. The van der Waals surface area contributed by atoms with Crippen LogP contribution in [0, 0.1) is 13.8 Å². The summed E-state index contributed by atoms with van der Waals surface area (Å²) in [5, 5.41) is 3.07. The number of methoxy groups -OCH3 is 1. The van der Waals surface area contributed by atoms with E-state index >= 15 is 0 Å². The standard InChI is InChI=1S/C25H24N2O4.H2/c1-15-16(2)23(26-13-20(15)17-5-4-6-19(11-17)29-3)27-24(28)25(9-10-25)18-7-8-21-22(12-18)31-14-30-21;/h4-8,11-13H,9-10,14H2,1-3H3,(H,26,27,28);1H. The van der Waals surface area contributed by atoms with Gasteiger partial charge in [0.1, 0.15) is 11.6 Å². The summed E-state index contributed by atoms with van der Waals surface area (Å²) < 4.78 is 16.2. The van der Waals surface area contributed by atoms with Gasteiger partial charge in [0.2, 0.25) is 12.7 Å². The van der Waals surface area contributed by atoms with Crippen LogP contribution in [0.1, 0.15) is 31.0 Å². The van der Waals surface area contributed by atoms with Crippen molar-refractivity contribution in [1.82, 2.24) is 4.98 Å². The number of carbonyl (C=O) groups excluding carboxylic acids is 1. The van der Waals surface area contributed by atoms with Crippen molar-refractivity contribution < 1.29 is 20.4 Å². The van der Waals surface area contributed by atoms with Gasteiger partial charge in [-0.05, 0) is 73.2 Å². The molecule has 0 radical (unpaired) electrons.